The molecule has 0 N–H and O–H groups in total. The van der Waals surface area contributed by atoms with Crippen LogP contribution in [0.25, 0.3) is 0 Å². The number of furan rings is 1. The number of aryl methyl sites for hydroxylation is 1. The lowest BCUT2D eigenvalue weighted by Gasteiger charge is -2.39. The second kappa shape index (κ2) is 6.69. The minimum Gasteiger partial charge on any atom is -0.469 e. The number of rotatable bonds is 6. The van der Waals surface area contributed by atoms with Crippen LogP contribution in [-0.4, -0.2) is 21.2 Å². The maximum absolute atomic E-state index is 12.6. The van der Waals surface area contributed by atoms with Gasteiger partial charge in [-0.25, -0.2) is 0 Å². The van der Waals surface area contributed by atoms with Crippen molar-refractivity contribution in [3.8, 4) is 0 Å². The Morgan fingerprint density at radius 2 is 2.18 bits per heavy atom. The normalized spacial score (nSPS) is 21.5. The van der Waals surface area contributed by atoms with Gasteiger partial charge in [0.2, 0.25) is 0 Å². The Bertz CT molecular complexity index is 564. The molecule has 0 spiro atoms. The van der Waals surface area contributed by atoms with E-state index < -0.39 is 13.5 Å². The van der Waals surface area contributed by atoms with Crippen molar-refractivity contribution in [2.75, 3.05) is 7.11 Å². The summed E-state index contributed by atoms with van der Waals surface area (Å²) in [6.45, 7) is 6.88. The lowest BCUT2D eigenvalue weighted by atomic mass is 9.79. The van der Waals surface area contributed by atoms with Crippen molar-refractivity contribution < 1.29 is 13.9 Å². The van der Waals surface area contributed by atoms with Crippen molar-refractivity contribution in [2.45, 2.75) is 45.3 Å². The summed E-state index contributed by atoms with van der Waals surface area (Å²) < 4.78 is 10.6. The van der Waals surface area contributed by atoms with Crippen LogP contribution in [-0.2, 0) is 16.0 Å². The first-order valence-corrected chi connectivity index (χ1v) is 11.4. The summed E-state index contributed by atoms with van der Waals surface area (Å²) in [4.78, 5) is 12.6. The van der Waals surface area contributed by atoms with E-state index in [0.717, 1.165) is 31.4 Å². The van der Waals surface area contributed by atoms with Gasteiger partial charge in [-0.2, -0.15) is 0 Å². The molecule has 2 rings (SSSR count). The van der Waals surface area contributed by atoms with E-state index in [1.807, 2.05) is 12.1 Å². The molecule has 1 aliphatic carbocycles. The Kier molecular flexibility index (Phi) is 5.11. The van der Waals surface area contributed by atoms with E-state index in [0.29, 0.717) is 0 Å². The highest BCUT2D eigenvalue weighted by atomic mass is 28.3. The highest BCUT2D eigenvalue weighted by Gasteiger charge is 2.45. The van der Waals surface area contributed by atoms with Crippen LogP contribution < -0.4 is 0 Å². The SMILES string of the molecule is COC(=O)C1(CCCc2ccco2)C=CCC=C1[Si](C)(C)C. The first-order chi connectivity index (χ1) is 10.4. The van der Waals surface area contributed by atoms with Gasteiger partial charge >= 0.3 is 5.97 Å². The summed E-state index contributed by atoms with van der Waals surface area (Å²) in [6.07, 6.45) is 11.5. The number of hydrogen-bond donors (Lipinski definition) is 0. The molecule has 1 atom stereocenters. The van der Waals surface area contributed by atoms with E-state index in [-0.39, 0.29) is 5.97 Å². The number of hydrogen-bond acceptors (Lipinski definition) is 3. The van der Waals surface area contributed by atoms with Gasteiger partial charge in [-0.15, -0.1) is 0 Å². The lowest BCUT2D eigenvalue weighted by Crippen LogP contribution is -2.43. The molecule has 0 amide bonds. The van der Waals surface area contributed by atoms with Gasteiger partial charge in [-0.05, 0) is 31.4 Å². The largest absolute Gasteiger partial charge is 0.469 e. The van der Waals surface area contributed by atoms with E-state index in [1.54, 1.807) is 6.26 Å². The topological polar surface area (TPSA) is 39.4 Å². The van der Waals surface area contributed by atoms with Crippen LogP contribution >= 0.6 is 0 Å². The van der Waals surface area contributed by atoms with Crippen LogP contribution in [0.15, 0.2) is 46.2 Å². The molecular formula is C18H26O3Si. The Morgan fingerprint density at radius 1 is 1.41 bits per heavy atom. The number of ether oxygens (including phenoxy) is 1. The molecule has 3 nitrogen and oxygen atoms in total. The highest BCUT2D eigenvalue weighted by molar-refractivity contribution is 6.83. The zero-order chi connectivity index (χ0) is 16.2. The Labute approximate surface area is 134 Å². The number of carbonyl (C=O) groups excluding carboxylic acids is 1. The summed E-state index contributed by atoms with van der Waals surface area (Å²) in [5, 5.41) is 1.30. The summed E-state index contributed by atoms with van der Waals surface area (Å²) >= 11 is 0. The number of methoxy groups -OCH3 is 1. The molecule has 0 aliphatic heterocycles. The van der Waals surface area contributed by atoms with Crippen LogP contribution in [0.2, 0.25) is 19.6 Å². The smallest absolute Gasteiger partial charge is 0.319 e. The van der Waals surface area contributed by atoms with E-state index >= 15 is 0 Å². The monoisotopic (exact) mass is 318 g/mol. The third kappa shape index (κ3) is 3.43. The summed E-state index contributed by atoms with van der Waals surface area (Å²) in [7, 11) is -0.114. The van der Waals surface area contributed by atoms with Crippen LogP contribution in [0.1, 0.15) is 25.0 Å². The van der Waals surface area contributed by atoms with Crippen molar-refractivity contribution in [1.82, 2.24) is 0 Å². The fourth-order valence-corrected chi connectivity index (χ4v) is 5.76. The van der Waals surface area contributed by atoms with Gasteiger partial charge < -0.3 is 9.15 Å². The fraction of sp³-hybridized carbons (Fsp3) is 0.500. The molecule has 0 bridgehead atoms. The maximum atomic E-state index is 12.6. The predicted molar refractivity (Wildman–Crippen MR) is 91.3 cm³/mol. The molecule has 1 aromatic heterocycles. The van der Waals surface area contributed by atoms with Crippen molar-refractivity contribution in [2.24, 2.45) is 5.41 Å². The van der Waals surface area contributed by atoms with E-state index in [2.05, 4.69) is 37.9 Å². The minimum absolute atomic E-state index is 0.128. The molecule has 1 unspecified atom stereocenters. The van der Waals surface area contributed by atoms with Crippen molar-refractivity contribution in [3.05, 3.63) is 47.6 Å². The standard InChI is InChI=1S/C18H26O3Si/c1-20-17(19)18(13-7-9-15-10-8-14-21-15)12-6-5-11-16(18)22(2,3)4/h6,8,10-12,14H,5,7,9,13H2,1-4H3. The molecule has 120 valence electrons. The van der Waals surface area contributed by atoms with E-state index in [4.69, 9.17) is 9.15 Å². The van der Waals surface area contributed by atoms with Crippen molar-refractivity contribution in [3.63, 3.8) is 0 Å². The molecule has 1 aromatic rings. The predicted octanol–water partition coefficient (Wildman–Crippen LogP) is 4.53. The third-order valence-electron chi connectivity index (χ3n) is 4.27. The van der Waals surface area contributed by atoms with Gasteiger partial charge in [0.1, 0.15) is 11.2 Å². The average Bonchev–Trinajstić information content (AvgIpc) is 2.99. The second-order valence-electron chi connectivity index (χ2n) is 6.90. The molecule has 4 heteroatoms. The molecule has 0 saturated heterocycles. The third-order valence-corrected chi connectivity index (χ3v) is 6.54. The van der Waals surface area contributed by atoms with Crippen LogP contribution in [0, 0.1) is 5.41 Å². The van der Waals surface area contributed by atoms with Crippen LogP contribution in [0.3, 0.4) is 0 Å². The molecule has 1 heterocycles. The van der Waals surface area contributed by atoms with Gasteiger partial charge in [-0.3, -0.25) is 4.79 Å². The molecule has 0 saturated carbocycles. The van der Waals surface area contributed by atoms with Crippen molar-refractivity contribution >= 4 is 14.0 Å². The lowest BCUT2D eigenvalue weighted by molar-refractivity contribution is -0.148. The van der Waals surface area contributed by atoms with Gasteiger partial charge in [0.25, 0.3) is 0 Å². The summed E-state index contributed by atoms with van der Waals surface area (Å²) in [6, 6.07) is 3.89. The zero-order valence-corrected chi connectivity index (χ0v) is 15.0. The zero-order valence-electron chi connectivity index (χ0n) is 14.0. The molecule has 22 heavy (non-hydrogen) atoms. The Balaban J connectivity index is 2.23. The van der Waals surface area contributed by atoms with Gasteiger partial charge in [0.05, 0.1) is 21.4 Å². The molecule has 0 radical (unpaired) electrons. The minimum atomic E-state index is -1.60. The van der Waals surface area contributed by atoms with E-state index in [1.165, 1.54) is 12.3 Å². The number of allylic oxidation sites excluding steroid dienone is 2. The van der Waals surface area contributed by atoms with Crippen molar-refractivity contribution in [1.29, 1.82) is 0 Å². The number of esters is 1. The second-order valence-corrected chi connectivity index (χ2v) is 11.9. The van der Waals surface area contributed by atoms with E-state index in [9.17, 15) is 4.79 Å². The maximum Gasteiger partial charge on any atom is 0.319 e. The Hall–Kier alpha value is -1.55. The first-order valence-electron chi connectivity index (χ1n) is 7.90. The number of carbonyl (C=O) groups is 1. The summed E-state index contributed by atoms with van der Waals surface area (Å²) in [5.41, 5.74) is -0.579. The molecule has 0 fully saturated rings. The quantitative estimate of drug-likeness (QED) is 0.439. The van der Waals surface area contributed by atoms with Gasteiger partial charge in [0, 0.05) is 6.42 Å². The highest BCUT2D eigenvalue weighted by Crippen LogP contribution is 2.43. The average molecular weight is 318 g/mol. The molecule has 0 aromatic carbocycles. The summed E-state index contributed by atoms with van der Waals surface area (Å²) in [5.74, 6) is 0.843. The van der Waals surface area contributed by atoms with Crippen LogP contribution in [0.5, 0.6) is 0 Å². The Morgan fingerprint density at radius 3 is 2.77 bits per heavy atom. The van der Waals surface area contributed by atoms with Crippen LogP contribution in [0.4, 0.5) is 0 Å². The van der Waals surface area contributed by atoms with Gasteiger partial charge in [0.15, 0.2) is 0 Å². The fourth-order valence-electron chi connectivity index (χ4n) is 3.38. The first kappa shape index (κ1) is 16.8. The molecular weight excluding hydrogens is 292 g/mol. The molecule has 1 aliphatic rings. The van der Waals surface area contributed by atoms with Gasteiger partial charge in [-0.1, -0.05) is 43.1 Å².